The van der Waals surface area contributed by atoms with Crippen molar-refractivity contribution in [1.82, 2.24) is 9.97 Å². The van der Waals surface area contributed by atoms with E-state index in [9.17, 15) is 34.8 Å². The summed E-state index contributed by atoms with van der Waals surface area (Å²) in [4.78, 5) is 6.78. The largest absolute Gasteiger partial charge is 0.416 e. The molecule has 1 heterocycles. The quantitative estimate of drug-likeness (QED) is 0.484. The Balaban J connectivity index is 1.46. The second kappa shape index (κ2) is 7.65. The van der Waals surface area contributed by atoms with E-state index >= 15 is 0 Å². The van der Waals surface area contributed by atoms with Crippen molar-refractivity contribution < 1.29 is 34.8 Å². The molecule has 0 unspecified atom stereocenters. The third-order valence-electron chi connectivity index (χ3n) is 5.54. The lowest BCUT2D eigenvalue weighted by Crippen LogP contribution is -2.35. The third-order valence-corrected chi connectivity index (χ3v) is 7.72. The van der Waals surface area contributed by atoms with Crippen molar-refractivity contribution in [3.8, 4) is 11.4 Å². The number of hydrogen-bond acceptors (Lipinski definition) is 3. The summed E-state index contributed by atoms with van der Waals surface area (Å²) in [7, 11) is -3.93. The number of halogens is 6. The molecule has 1 fully saturated rings. The average molecular weight is 474 g/mol. The maximum Gasteiger partial charge on any atom is 0.416 e. The molecule has 3 aromatic rings. The highest BCUT2D eigenvalue weighted by atomic mass is 32.2. The summed E-state index contributed by atoms with van der Waals surface area (Å²) in [5, 5.41) is -0.825. The molecule has 4 rings (SSSR count). The molecule has 0 amide bonds. The van der Waals surface area contributed by atoms with Gasteiger partial charge in [-0.3, -0.25) is 0 Å². The second-order valence-electron chi connectivity index (χ2n) is 7.62. The van der Waals surface area contributed by atoms with Gasteiger partial charge in [0.1, 0.15) is 5.82 Å². The Labute approximate surface area is 179 Å². The van der Waals surface area contributed by atoms with Crippen molar-refractivity contribution in [2.45, 2.75) is 41.3 Å². The van der Waals surface area contributed by atoms with Crippen LogP contribution >= 0.6 is 0 Å². The Morgan fingerprint density at radius 3 is 2.09 bits per heavy atom. The number of hydrogen-bond donors (Lipinski definition) is 1. The van der Waals surface area contributed by atoms with Crippen LogP contribution < -0.4 is 0 Å². The third kappa shape index (κ3) is 4.25. The number of sulfone groups is 1. The summed E-state index contributed by atoms with van der Waals surface area (Å²) in [5.74, 6) is 0.147. The van der Waals surface area contributed by atoms with E-state index in [1.807, 2.05) is 0 Å². The van der Waals surface area contributed by atoms with Crippen LogP contribution in [0.15, 0.2) is 59.6 Å². The van der Waals surface area contributed by atoms with Crippen molar-refractivity contribution >= 4 is 9.84 Å². The number of alkyl halides is 6. The first-order valence-corrected chi connectivity index (χ1v) is 11.0. The normalized spacial score (nSPS) is 19.6. The van der Waals surface area contributed by atoms with Crippen LogP contribution in [0.4, 0.5) is 26.3 Å². The van der Waals surface area contributed by atoms with Crippen molar-refractivity contribution in [2.75, 3.05) is 0 Å². The number of nitrogens with one attached hydrogen (secondary N) is 1. The van der Waals surface area contributed by atoms with Crippen LogP contribution in [-0.4, -0.2) is 23.6 Å². The maximum atomic E-state index is 12.9. The van der Waals surface area contributed by atoms with Gasteiger partial charge in [0.05, 0.1) is 21.3 Å². The summed E-state index contributed by atoms with van der Waals surface area (Å²) < 4.78 is 102. The molecule has 4 nitrogen and oxygen atoms in total. The minimum absolute atomic E-state index is 0.198. The molecule has 32 heavy (non-hydrogen) atoms. The average Bonchev–Trinajstić information content (AvgIpc) is 3.15. The highest BCUT2D eigenvalue weighted by Gasteiger charge is 2.42. The first-order valence-electron chi connectivity index (χ1n) is 9.49. The Morgan fingerprint density at radius 2 is 1.50 bits per heavy atom. The zero-order valence-electron chi connectivity index (χ0n) is 16.2. The van der Waals surface area contributed by atoms with Crippen LogP contribution in [0.3, 0.4) is 0 Å². The van der Waals surface area contributed by atoms with Crippen LogP contribution in [0.5, 0.6) is 0 Å². The second-order valence-corrected chi connectivity index (χ2v) is 9.85. The van der Waals surface area contributed by atoms with Gasteiger partial charge in [0.2, 0.25) is 0 Å². The van der Waals surface area contributed by atoms with Crippen LogP contribution in [-0.2, 0) is 22.2 Å². The molecular weight excluding hydrogens is 458 g/mol. The van der Waals surface area contributed by atoms with E-state index in [1.165, 1.54) is 18.3 Å². The monoisotopic (exact) mass is 474 g/mol. The predicted molar refractivity (Wildman–Crippen MR) is 103 cm³/mol. The van der Waals surface area contributed by atoms with Gasteiger partial charge in [-0.1, -0.05) is 18.2 Å². The Morgan fingerprint density at radius 1 is 0.875 bits per heavy atom. The van der Waals surface area contributed by atoms with Crippen molar-refractivity contribution in [3.63, 3.8) is 0 Å². The minimum atomic E-state index is -4.64. The lowest BCUT2D eigenvalue weighted by Gasteiger charge is -2.34. The SMILES string of the molecule is O=S(=O)(c1cccc(C(F)(F)F)c1)C1CC(c2cnc(-c3ccc(C(F)(F)F)cc3)[nH]2)C1. The molecule has 1 saturated carbocycles. The lowest BCUT2D eigenvalue weighted by atomic mass is 9.82. The molecule has 170 valence electrons. The van der Waals surface area contributed by atoms with E-state index in [1.54, 1.807) is 0 Å². The first-order chi connectivity index (χ1) is 14.9. The van der Waals surface area contributed by atoms with E-state index in [2.05, 4.69) is 9.97 Å². The number of rotatable bonds is 4. The fraction of sp³-hybridized carbons (Fsp3) is 0.286. The van der Waals surface area contributed by atoms with Crippen molar-refractivity contribution in [1.29, 1.82) is 0 Å². The number of benzene rings is 2. The van der Waals surface area contributed by atoms with E-state index in [-0.39, 0.29) is 23.7 Å². The van der Waals surface area contributed by atoms with Crippen molar-refractivity contribution in [3.05, 3.63) is 71.5 Å². The molecule has 1 aromatic heterocycles. The van der Waals surface area contributed by atoms with Gasteiger partial charge in [-0.2, -0.15) is 26.3 Å². The number of aromatic nitrogens is 2. The van der Waals surface area contributed by atoms with Gasteiger partial charge < -0.3 is 4.98 Å². The molecule has 0 radical (unpaired) electrons. The molecule has 0 atom stereocenters. The van der Waals surface area contributed by atoms with E-state index in [0.717, 1.165) is 30.3 Å². The van der Waals surface area contributed by atoms with Gasteiger partial charge in [0.25, 0.3) is 0 Å². The molecule has 11 heteroatoms. The van der Waals surface area contributed by atoms with E-state index in [4.69, 9.17) is 0 Å². The fourth-order valence-electron chi connectivity index (χ4n) is 3.62. The molecular formula is C21H16F6N2O2S. The maximum absolute atomic E-state index is 12.9. The molecule has 0 spiro atoms. The van der Waals surface area contributed by atoms with Crippen molar-refractivity contribution in [2.24, 2.45) is 0 Å². The van der Waals surface area contributed by atoms with E-state index in [0.29, 0.717) is 23.1 Å². The minimum Gasteiger partial charge on any atom is -0.342 e. The zero-order chi connectivity index (χ0) is 23.3. The number of aromatic amines is 1. The summed E-state index contributed by atoms with van der Waals surface area (Å²) in [5.41, 5.74) is -0.744. The summed E-state index contributed by atoms with van der Waals surface area (Å²) in [6, 6.07) is 8.13. The van der Waals surface area contributed by atoms with Crippen LogP contribution in [0.2, 0.25) is 0 Å². The number of imidazole rings is 1. The van der Waals surface area contributed by atoms with Gasteiger partial charge in [0, 0.05) is 23.4 Å². The number of H-pyrrole nitrogens is 1. The first kappa shape index (κ1) is 22.4. The number of nitrogens with zero attached hydrogens (tertiary/aromatic N) is 1. The van der Waals surface area contributed by atoms with Gasteiger partial charge in [-0.15, -0.1) is 0 Å². The molecule has 1 aliphatic carbocycles. The molecule has 0 bridgehead atoms. The topological polar surface area (TPSA) is 62.8 Å². The molecule has 0 saturated heterocycles. The summed E-state index contributed by atoms with van der Waals surface area (Å²) >= 11 is 0. The van der Waals surface area contributed by atoms with Gasteiger partial charge in [-0.05, 0) is 43.2 Å². The smallest absolute Gasteiger partial charge is 0.342 e. The van der Waals surface area contributed by atoms with Crippen LogP contribution in [0.1, 0.15) is 35.6 Å². The molecule has 2 aromatic carbocycles. The predicted octanol–water partition coefficient (Wildman–Crippen LogP) is 5.83. The van der Waals surface area contributed by atoms with Crippen LogP contribution in [0, 0.1) is 0 Å². The molecule has 1 N–H and O–H groups in total. The Hall–Kier alpha value is -2.82. The van der Waals surface area contributed by atoms with E-state index < -0.39 is 38.6 Å². The van der Waals surface area contributed by atoms with Gasteiger partial charge >= 0.3 is 12.4 Å². The highest BCUT2D eigenvalue weighted by molar-refractivity contribution is 7.92. The Kier molecular flexibility index (Phi) is 5.35. The fourth-order valence-corrected chi connectivity index (χ4v) is 5.54. The lowest BCUT2D eigenvalue weighted by molar-refractivity contribution is -0.138. The Bertz CT molecular complexity index is 1220. The molecule has 0 aliphatic heterocycles. The standard InChI is InChI=1S/C21H16F6N2O2S/c22-20(23,24)14-6-4-12(5-7-14)19-28-11-18(29-19)13-8-17(9-13)32(30,31)16-3-1-2-15(10-16)21(25,26)27/h1-7,10-11,13,17H,8-9H2,(H,28,29). The zero-order valence-corrected chi connectivity index (χ0v) is 17.0. The summed E-state index contributed by atoms with van der Waals surface area (Å²) in [6.07, 6.45) is -7.19. The van der Waals surface area contributed by atoms with Gasteiger partial charge in [-0.25, -0.2) is 13.4 Å². The van der Waals surface area contributed by atoms with Crippen LogP contribution in [0.25, 0.3) is 11.4 Å². The highest BCUT2D eigenvalue weighted by Crippen LogP contribution is 2.43. The van der Waals surface area contributed by atoms with Gasteiger partial charge in [0.15, 0.2) is 9.84 Å². The summed E-state index contributed by atoms with van der Waals surface area (Å²) in [6.45, 7) is 0. The molecule has 1 aliphatic rings.